The minimum absolute atomic E-state index is 0.0808. The van der Waals surface area contributed by atoms with Crippen molar-refractivity contribution in [2.45, 2.75) is 58.7 Å². The number of likely N-dealkylation sites (tertiary alicyclic amines) is 1. The van der Waals surface area contributed by atoms with Crippen LogP contribution in [0, 0.1) is 13.8 Å². The van der Waals surface area contributed by atoms with Crippen LogP contribution in [0.3, 0.4) is 0 Å². The van der Waals surface area contributed by atoms with E-state index in [1.165, 1.54) is 11.1 Å². The average Bonchev–Trinajstić information content (AvgIpc) is 2.35. The SMILES string of the molecule is Cc1cc(C)cc([C@@H]2CCN(C(=O)OC(C)(C)C)C[C@@H]2O)c1. The van der Waals surface area contributed by atoms with Crippen molar-refractivity contribution in [2.24, 2.45) is 0 Å². The van der Waals surface area contributed by atoms with Crippen LogP contribution in [0.15, 0.2) is 18.2 Å². The van der Waals surface area contributed by atoms with Crippen molar-refractivity contribution in [1.29, 1.82) is 0 Å². The van der Waals surface area contributed by atoms with E-state index < -0.39 is 11.7 Å². The van der Waals surface area contributed by atoms with Crippen LogP contribution < -0.4 is 0 Å². The summed E-state index contributed by atoms with van der Waals surface area (Å²) in [7, 11) is 0. The summed E-state index contributed by atoms with van der Waals surface area (Å²) in [5, 5.41) is 10.5. The van der Waals surface area contributed by atoms with Gasteiger partial charge < -0.3 is 14.7 Å². The highest BCUT2D eigenvalue weighted by molar-refractivity contribution is 5.68. The molecule has 0 aromatic heterocycles. The maximum Gasteiger partial charge on any atom is 0.410 e. The van der Waals surface area contributed by atoms with Gasteiger partial charge in [0.2, 0.25) is 0 Å². The van der Waals surface area contributed by atoms with Gasteiger partial charge in [0.1, 0.15) is 5.60 Å². The van der Waals surface area contributed by atoms with Gasteiger partial charge in [-0.1, -0.05) is 29.3 Å². The number of amides is 1. The summed E-state index contributed by atoms with van der Waals surface area (Å²) in [6.45, 7) is 10.6. The van der Waals surface area contributed by atoms with Gasteiger partial charge in [-0.2, -0.15) is 0 Å². The average molecular weight is 305 g/mol. The Kier molecular flexibility index (Phi) is 4.81. The lowest BCUT2D eigenvalue weighted by Gasteiger charge is -2.37. The van der Waals surface area contributed by atoms with Crippen molar-refractivity contribution in [3.63, 3.8) is 0 Å². The molecule has 0 aliphatic carbocycles. The smallest absolute Gasteiger partial charge is 0.410 e. The molecule has 1 aliphatic heterocycles. The maximum atomic E-state index is 12.1. The standard InChI is InChI=1S/C18H27NO3/c1-12-8-13(2)10-14(9-12)15-6-7-19(11-16(15)20)17(21)22-18(3,4)5/h8-10,15-16,20H,6-7,11H2,1-5H3/t15-,16-/m0/s1. The number of aliphatic hydroxyl groups excluding tert-OH is 1. The van der Waals surface area contributed by atoms with Gasteiger partial charge in [-0.3, -0.25) is 0 Å². The number of hydrogen-bond donors (Lipinski definition) is 1. The predicted molar refractivity (Wildman–Crippen MR) is 87.1 cm³/mol. The third-order valence-corrected chi connectivity index (χ3v) is 3.91. The number of aryl methyl sites for hydroxylation is 2. The van der Waals surface area contributed by atoms with E-state index in [4.69, 9.17) is 4.74 Å². The number of carbonyl (C=O) groups is 1. The summed E-state index contributed by atoms with van der Waals surface area (Å²) in [5.41, 5.74) is 3.06. The van der Waals surface area contributed by atoms with E-state index in [-0.39, 0.29) is 12.0 Å². The van der Waals surface area contributed by atoms with Crippen LogP contribution in [0.5, 0.6) is 0 Å². The molecule has 1 amide bonds. The molecule has 1 aromatic carbocycles. The topological polar surface area (TPSA) is 49.8 Å². The Morgan fingerprint density at radius 2 is 1.82 bits per heavy atom. The summed E-state index contributed by atoms with van der Waals surface area (Å²) in [6.07, 6.45) is -0.142. The predicted octanol–water partition coefficient (Wildman–Crippen LogP) is 3.39. The van der Waals surface area contributed by atoms with E-state index in [9.17, 15) is 9.90 Å². The number of ether oxygens (including phenoxy) is 1. The lowest BCUT2D eigenvalue weighted by molar-refractivity contribution is -0.00153. The van der Waals surface area contributed by atoms with E-state index in [0.717, 1.165) is 12.0 Å². The summed E-state index contributed by atoms with van der Waals surface area (Å²) < 4.78 is 5.38. The molecule has 0 saturated carbocycles. The molecule has 4 nitrogen and oxygen atoms in total. The van der Waals surface area contributed by atoms with Gasteiger partial charge in [-0.15, -0.1) is 0 Å². The number of carbonyl (C=O) groups excluding carboxylic acids is 1. The molecule has 0 radical (unpaired) electrons. The fourth-order valence-corrected chi connectivity index (χ4v) is 3.04. The lowest BCUT2D eigenvalue weighted by atomic mass is 9.86. The van der Waals surface area contributed by atoms with Crippen LogP contribution in [0.1, 0.15) is 49.8 Å². The molecule has 4 heteroatoms. The van der Waals surface area contributed by atoms with Crippen LogP contribution >= 0.6 is 0 Å². The summed E-state index contributed by atoms with van der Waals surface area (Å²) in [4.78, 5) is 13.7. The van der Waals surface area contributed by atoms with Crippen molar-refractivity contribution in [3.8, 4) is 0 Å². The minimum atomic E-state index is -0.553. The first kappa shape index (κ1) is 16.8. The quantitative estimate of drug-likeness (QED) is 0.865. The second kappa shape index (κ2) is 6.29. The summed E-state index contributed by atoms with van der Waals surface area (Å²) in [6, 6.07) is 6.39. The monoisotopic (exact) mass is 305 g/mol. The highest BCUT2D eigenvalue weighted by Crippen LogP contribution is 2.30. The van der Waals surface area contributed by atoms with Crippen molar-refractivity contribution in [2.75, 3.05) is 13.1 Å². The van der Waals surface area contributed by atoms with E-state index in [1.807, 2.05) is 20.8 Å². The highest BCUT2D eigenvalue weighted by Gasteiger charge is 2.33. The largest absolute Gasteiger partial charge is 0.444 e. The Morgan fingerprint density at radius 3 is 2.32 bits per heavy atom. The molecule has 0 bridgehead atoms. The first-order chi connectivity index (χ1) is 10.2. The molecular weight excluding hydrogens is 278 g/mol. The second-order valence-corrected chi connectivity index (χ2v) is 7.31. The van der Waals surface area contributed by atoms with Gasteiger partial charge >= 0.3 is 6.09 Å². The first-order valence-corrected chi connectivity index (χ1v) is 7.90. The van der Waals surface area contributed by atoms with E-state index in [0.29, 0.717) is 13.1 Å². The molecule has 1 aromatic rings. The zero-order chi connectivity index (χ0) is 16.5. The fourth-order valence-electron chi connectivity index (χ4n) is 3.04. The number of β-amino-alcohol motifs (C(OH)–C–C–N with tert-alkyl or cyclic N) is 1. The third kappa shape index (κ3) is 4.23. The Hall–Kier alpha value is -1.55. The fraction of sp³-hybridized carbons (Fsp3) is 0.611. The summed E-state index contributed by atoms with van der Waals surface area (Å²) >= 11 is 0. The van der Waals surface area contributed by atoms with Gasteiger partial charge in [0.15, 0.2) is 0 Å². The maximum absolute atomic E-state index is 12.1. The molecule has 2 atom stereocenters. The van der Waals surface area contributed by atoms with Gasteiger partial charge in [0.05, 0.1) is 12.6 Å². The molecule has 1 N–H and O–H groups in total. The number of nitrogens with zero attached hydrogens (tertiary/aromatic N) is 1. The second-order valence-electron chi connectivity index (χ2n) is 7.31. The Morgan fingerprint density at radius 1 is 1.23 bits per heavy atom. The van der Waals surface area contributed by atoms with Crippen LogP contribution in [0.2, 0.25) is 0 Å². The number of rotatable bonds is 1. The van der Waals surface area contributed by atoms with Crippen molar-refractivity contribution < 1.29 is 14.6 Å². The molecular formula is C18H27NO3. The van der Waals surface area contributed by atoms with Gasteiger partial charge in [-0.25, -0.2) is 4.79 Å². The van der Waals surface area contributed by atoms with Gasteiger partial charge in [0, 0.05) is 12.5 Å². The lowest BCUT2D eigenvalue weighted by Crippen LogP contribution is -2.47. The van der Waals surface area contributed by atoms with Crippen LogP contribution in [0.25, 0.3) is 0 Å². The Balaban J connectivity index is 2.05. The molecule has 1 saturated heterocycles. The van der Waals surface area contributed by atoms with Gasteiger partial charge in [-0.05, 0) is 46.6 Å². The highest BCUT2D eigenvalue weighted by atomic mass is 16.6. The van der Waals surface area contributed by atoms with E-state index >= 15 is 0 Å². The normalized spacial score (nSPS) is 22.5. The number of benzene rings is 1. The molecule has 1 heterocycles. The molecule has 122 valence electrons. The zero-order valence-corrected chi connectivity index (χ0v) is 14.2. The Bertz CT molecular complexity index is 528. The number of aliphatic hydroxyl groups is 1. The van der Waals surface area contributed by atoms with E-state index in [2.05, 4.69) is 32.0 Å². The molecule has 0 unspecified atom stereocenters. The molecule has 22 heavy (non-hydrogen) atoms. The minimum Gasteiger partial charge on any atom is -0.444 e. The van der Waals surface area contributed by atoms with Crippen molar-refractivity contribution in [3.05, 3.63) is 34.9 Å². The number of piperidine rings is 1. The van der Waals surface area contributed by atoms with Crippen LogP contribution in [0.4, 0.5) is 4.79 Å². The molecule has 0 spiro atoms. The summed E-state index contributed by atoms with van der Waals surface area (Å²) in [5.74, 6) is 0.0808. The molecule has 2 rings (SSSR count). The van der Waals surface area contributed by atoms with Crippen molar-refractivity contribution >= 4 is 6.09 Å². The van der Waals surface area contributed by atoms with Crippen molar-refractivity contribution in [1.82, 2.24) is 4.90 Å². The number of hydrogen-bond acceptors (Lipinski definition) is 3. The first-order valence-electron chi connectivity index (χ1n) is 7.90. The Labute approximate surface area is 133 Å². The van der Waals surface area contributed by atoms with E-state index in [1.54, 1.807) is 4.90 Å². The zero-order valence-electron chi connectivity index (χ0n) is 14.2. The van der Waals surface area contributed by atoms with Crippen LogP contribution in [-0.4, -0.2) is 40.9 Å². The van der Waals surface area contributed by atoms with Gasteiger partial charge in [0.25, 0.3) is 0 Å². The molecule has 1 aliphatic rings. The molecule has 1 fully saturated rings. The third-order valence-electron chi connectivity index (χ3n) is 3.91. The van der Waals surface area contributed by atoms with Crippen LogP contribution in [-0.2, 0) is 4.74 Å².